The van der Waals surface area contributed by atoms with Crippen LogP contribution in [-0.2, 0) is 14.8 Å². The highest BCUT2D eigenvalue weighted by Gasteiger charge is 2.39. The van der Waals surface area contributed by atoms with Crippen LogP contribution >= 0.6 is 0 Å². The second-order valence-corrected chi connectivity index (χ2v) is 9.42. The van der Waals surface area contributed by atoms with Gasteiger partial charge in [-0.2, -0.15) is 5.26 Å². The maximum absolute atomic E-state index is 12.9. The number of hydrogen-bond acceptors (Lipinski definition) is 5. The Morgan fingerprint density at radius 3 is 2.75 bits per heavy atom. The number of fused-ring (bicyclic) bond motifs is 1. The summed E-state index contributed by atoms with van der Waals surface area (Å²) in [5.41, 5.74) is 0.546. The number of carbonyl (C=O) groups is 2. The number of likely N-dealkylation sites (tertiary alicyclic amines) is 1. The number of amides is 2. The molecule has 0 radical (unpaired) electrons. The molecule has 1 saturated carbocycles. The van der Waals surface area contributed by atoms with Crippen LogP contribution in [0.5, 0.6) is 0 Å². The van der Waals surface area contributed by atoms with E-state index in [0.717, 1.165) is 0 Å². The van der Waals surface area contributed by atoms with E-state index < -0.39 is 27.2 Å². The number of benzene rings is 1. The summed E-state index contributed by atoms with van der Waals surface area (Å²) in [6, 6.07) is 7.76. The number of rotatable bonds is 5. The lowest BCUT2D eigenvalue weighted by atomic mass is 10.1. The van der Waals surface area contributed by atoms with Gasteiger partial charge in [0.05, 0.1) is 22.4 Å². The zero-order valence-corrected chi connectivity index (χ0v) is 16.1. The smallest absolute Gasteiger partial charge is 0.254 e. The molecule has 2 aromatic rings. The van der Waals surface area contributed by atoms with Gasteiger partial charge in [0.1, 0.15) is 12.6 Å². The van der Waals surface area contributed by atoms with E-state index in [-0.39, 0.29) is 24.1 Å². The van der Waals surface area contributed by atoms with Gasteiger partial charge in [0.2, 0.25) is 15.9 Å². The molecule has 0 bridgehead atoms. The molecule has 2 heterocycles. The summed E-state index contributed by atoms with van der Waals surface area (Å²) >= 11 is 0. The van der Waals surface area contributed by atoms with Gasteiger partial charge >= 0.3 is 0 Å². The van der Waals surface area contributed by atoms with Crippen molar-refractivity contribution in [1.29, 1.82) is 5.26 Å². The normalized spacial score (nSPS) is 22.4. The second-order valence-electron chi connectivity index (χ2n) is 7.33. The van der Waals surface area contributed by atoms with Gasteiger partial charge in [-0.05, 0) is 38.3 Å². The lowest BCUT2D eigenvalue weighted by Crippen LogP contribution is -2.42. The fourth-order valence-corrected chi connectivity index (χ4v) is 5.48. The zero-order chi connectivity index (χ0) is 20.1. The molecule has 1 aliphatic carbocycles. The Kier molecular flexibility index (Phi) is 4.38. The highest BCUT2D eigenvalue weighted by molar-refractivity contribution is 7.91. The lowest BCUT2D eigenvalue weighted by molar-refractivity contribution is -0.129. The molecule has 1 aromatic carbocycles. The maximum Gasteiger partial charge on any atom is 0.254 e. The molecule has 2 amide bonds. The number of nitrogens with zero attached hydrogens (tertiary/aromatic N) is 3. The van der Waals surface area contributed by atoms with Crippen molar-refractivity contribution in [2.45, 2.75) is 43.5 Å². The van der Waals surface area contributed by atoms with Gasteiger partial charge in [0.25, 0.3) is 5.91 Å². The van der Waals surface area contributed by atoms with Gasteiger partial charge in [-0.25, -0.2) is 12.4 Å². The van der Waals surface area contributed by atoms with Crippen LogP contribution in [0.2, 0.25) is 0 Å². The lowest BCUT2D eigenvalue weighted by Gasteiger charge is -2.17. The van der Waals surface area contributed by atoms with E-state index in [2.05, 4.69) is 5.32 Å². The highest BCUT2D eigenvalue weighted by Crippen LogP contribution is 2.33. The molecule has 1 aromatic heterocycles. The molecule has 1 saturated heterocycles. The van der Waals surface area contributed by atoms with Gasteiger partial charge in [-0.1, -0.05) is 12.1 Å². The third-order valence-electron chi connectivity index (χ3n) is 5.38. The molecule has 146 valence electrons. The van der Waals surface area contributed by atoms with Crippen molar-refractivity contribution in [2.24, 2.45) is 0 Å². The summed E-state index contributed by atoms with van der Waals surface area (Å²) in [7, 11) is -3.54. The quantitative estimate of drug-likeness (QED) is 0.759. The van der Waals surface area contributed by atoms with Crippen LogP contribution in [0.1, 0.15) is 36.5 Å². The molecule has 2 atom stereocenters. The Bertz CT molecular complexity index is 1110. The first kappa shape index (κ1) is 18.5. The van der Waals surface area contributed by atoms with Crippen LogP contribution in [0.15, 0.2) is 30.5 Å². The first-order chi connectivity index (χ1) is 13.3. The monoisotopic (exact) mass is 400 g/mol. The first-order valence-corrected chi connectivity index (χ1v) is 10.7. The summed E-state index contributed by atoms with van der Waals surface area (Å²) in [5, 5.41) is 11.8. The molecule has 28 heavy (non-hydrogen) atoms. The van der Waals surface area contributed by atoms with Crippen LogP contribution in [-0.4, -0.2) is 53.0 Å². The van der Waals surface area contributed by atoms with Gasteiger partial charge in [-0.3, -0.25) is 9.59 Å². The second kappa shape index (κ2) is 6.63. The molecule has 1 N–H and O–H groups in total. The van der Waals surface area contributed by atoms with Crippen LogP contribution < -0.4 is 5.32 Å². The number of aromatic nitrogens is 1. The molecular weight excluding hydrogens is 380 g/mol. The topological polar surface area (TPSA) is 112 Å². The minimum Gasteiger partial charge on any atom is -0.340 e. The SMILES string of the molecule is CC1CC(NC(=O)c2cccc3ccn(S(=O)(=O)C4CC4)c23)C(=O)N1CC#N. The Hall–Kier alpha value is -2.86. The van der Waals surface area contributed by atoms with Crippen LogP contribution in [0.4, 0.5) is 0 Å². The number of hydrogen-bond donors (Lipinski definition) is 1. The van der Waals surface area contributed by atoms with Crippen LogP contribution in [0.25, 0.3) is 10.9 Å². The van der Waals surface area contributed by atoms with Crippen molar-refractivity contribution in [2.75, 3.05) is 6.54 Å². The molecule has 0 spiro atoms. The molecule has 2 fully saturated rings. The summed E-state index contributed by atoms with van der Waals surface area (Å²) in [4.78, 5) is 26.8. The van der Waals surface area contributed by atoms with Crippen molar-refractivity contribution in [3.8, 4) is 6.07 Å². The largest absolute Gasteiger partial charge is 0.340 e. The first-order valence-electron chi connectivity index (χ1n) is 9.17. The third kappa shape index (κ3) is 2.94. The highest BCUT2D eigenvalue weighted by atomic mass is 32.2. The Balaban J connectivity index is 1.66. The summed E-state index contributed by atoms with van der Waals surface area (Å²) in [5.74, 6) is -0.795. The van der Waals surface area contributed by atoms with E-state index in [1.54, 1.807) is 24.3 Å². The predicted molar refractivity (Wildman–Crippen MR) is 102 cm³/mol. The van der Waals surface area contributed by atoms with E-state index in [1.807, 2.05) is 13.0 Å². The van der Waals surface area contributed by atoms with E-state index in [9.17, 15) is 18.0 Å². The summed E-state index contributed by atoms with van der Waals surface area (Å²) in [6.07, 6.45) is 3.13. The van der Waals surface area contributed by atoms with Gasteiger partial charge < -0.3 is 10.2 Å². The van der Waals surface area contributed by atoms with Crippen LogP contribution in [0.3, 0.4) is 0 Å². The molecule has 2 unspecified atom stereocenters. The molecule has 9 heteroatoms. The zero-order valence-electron chi connectivity index (χ0n) is 15.3. The third-order valence-corrected chi connectivity index (χ3v) is 7.54. The fourth-order valence-electron chi connectivity index (χ4n) is 3.74. The number of para-hydroxylation sites is 1. The Morgan fingerprint density at radius 1 is 1.32 bits per heavy atom. The Labute approximate surface area is 162 Å². The van der Waals surface area contributed by atoms with E-state index in [4.69, 9.17) is 5.26 Å². The van der Waals surface area contributed by atoms with Gasteiger partial charge in [0.15, 0.2) is 0 Å². The molecular formula is C19H20N4O4S. The predicted octanol–water partition coefficient (Wildman–Crippen LogP) is 1.22. The number of nitrogens with one attached hydrogen (secondary N) is 1. The van der Waals surface area contributed by atoms with Gasteiger partial charge in [-0.15, -0.1) is 0 Å². The molecule has 8 nitrogen and oxygen atoms in total. The standard InChI is InChI=1S/C19H20N4O4S/c1-12-11-16(19(25)22(12)10-8-20)21-18(24)15-4-2-3-13-7-9-23(17(13)15)28(26,27)14-5-6-14/h2-4,7,9,12,14,16H,5-6,10-11H2,1H3,(H,21,24). The minimum absolute atomic E-state index is 0.0234. The van der Waals surface area contributed by atoms with Crippen LogP contribution in [0, 0.1) is 11.3 Å². The molecule has 1 aliphatic heterocycles. The Morgan fingerprint density at radius 2 is 2.07 bits per heavy atom. The fraction of sp³-hybridized carbons (Fsp3) is 0.421. The van der Waals surface area contributed by atoms with E-state index in [0.29, 0.717) is 30.2 Å². The average Bonchev–Trinajstić information content (AvgIpc) is 3.38. The van der Waals surface area contributed by atoms with Crippen molar-refractivity contribution < 1.29 is 18.0 Å². The van der Waals surface area contributed by atoms with Crippen molar-refractivity contribution in [3.63, 3.8) is 0 Å². The summed E-state index contributed by atoms with van der Waals surface area (Å²) in [6.45, 7) is 1.81. The molecule has 2 aliphatic rings. The maximum atomic E-state index is 12.9. The average molecular weight is 400 g/mol. The van der Waals surface area contributed by atoms with Gasteiger partial charge in [0, 0.05) is 17.6 Å². The number of nitriles is 1. The minimum atomic E-state index is -3.54. The number of carbonyl (C=O) groups excluding carboxylic acids is 2. The van der Waals surface area contributed by atoms with E-state index in [1.165, 1.54) is 15.1 Å². The van der Waals surface area contributed by atoms with Crippen molar-refractivity contribution in [1.82, 2.24) is 14.2 Å². The summed E-state index contributed by atoms with van der Waals surface area (Å²) < 4.78 is 26.7. The van der Waals surface area contributed by atoms with Crippen molar-refractivity contribution >= 4 is 32.7 Å². The molecule has 4 rings (SSSR count). The van der Waals surface area contributed by atoms with E-state index >= 15 is 0 Å². The van der Waals surface area contributed by atoms with Crippen molar-refractivity contribution in [3.05, 3.63) is 36.0 Å².